The number of para-hydroxylation sites is 1. The monoisotopic (exact) mass is 289 g/mol. The number of primary sulfonamides is 1. The van der Waals surface area contributed by atoms with Gasteiger partial charge in [0.2, 0.25) is 10.0 Å². The summed E-state index contributed by atoms with van der Waals surface area (Å²) in [5, 5.41) is 7.13. The lowest BCUT2D eigenvalue weighted by Gasteiger charge is -2.21. The zero-order valence-corrected chi connectivity index (χ0v) is 11.6. The van der Waals surface area contributed by atoms with Gasteiger partial charge in [-0.2, -0.15) is 0 Å². The molecule has 104 valence electrons. The molecule has 0 saturated heterocycles. The third kappa shape index (κ3) is 2.48. The van der Waals surface area contributed by atoms with Crippen LogP contribution in [0.1, 0.15) is 5.56 Å². The molecule has 1 aliphatic heterocycles. The summed E-state index contributed by atoms with van der Waals surface area (Å²) in [6.45, 7) is 0.885. The number of benzene rings is 2. The minimum absolute atomic E-state index is 0.116. The second-order valence-corrected chi connectivity index (χ2v) is 6.27. The predicted molar refractivity (Wildman–Crippen MR) is 78.9 cm³/mol. The fraction of sp³-hybridized carbons (Fsp3) is 0.143. The van der Waals surface area contributed by atoms with Crippen LogP contribution in [0.25, 0.3) is 0 Å². The maximum absolute atomic E-state index is 11.2. The Morgan fingerprint density at radius 3 is 2.45 bits per heavy atom. The summed E-state index contributed by atoms with van der Waals surface area (Å²) in [4.78, 5) is 0.116. The smallest absolute Gasteiger partial charge is 0.238 e. The quantitative estimate of drug-likeness (QED) is 0.902. The lowest BCUT2D eigenvalue weighted by Crippen LogP contribution is -2.27. The number of nitrogens with zero attached hydrogens (tertiary/aromatic N) is 1. The highest BCUT2D eigenvalue weighted by atomic mass is 32.2. The number of hydrogen-bond donors (Lipinski definition) is 2. The number of hydrogen-bond acceptors (Lipinski definition) is 4. The second-order valence-electron chi connectivity index (χ2n) is 4.71. The molecule has 0 spiro atoms. The van der Waals surface area contributed by atoms with Gasteiger partial charge in [-0.1, -0.05) is 18.2 Å². The Morgan fingerprint density at radius 2 is 1.75 bits per heavy atom. The van der Waals surface area contributed by atoms with Gasteiger partial charge in [0.25, 0.3) is 0 Å². The van der Waals surface area contributed by atoms with Crippen LogP contribution in [0.4, 0.5) is 11.4 Å². The molecule has 3 N–H and O–H groups in total. The standard InChI is InChI=1S/C14H15N3O2S/c15-20(18,19)13-7-5-12(6-8-13)16-17-10-9-11-3-1-2-4-14(11)17/h1-8,16H,9-10H2,(H2,15,18,19). The van der Waals surface area contributed by atoms with Crippen LogP contribution >= 0.6 is 0 Å². The van der Waals surface area contributed by atoms with Gasteiger partial charge in [-0.05, 0) is 42.3 Å². The largest absolute Gasteiger partial charge is 0.298 e. The van der Waals surface area contributed by atoms with Gasteiger partial charge in [0.15, 0.2) is 0 Å². The molecule has 0 amide bonds. The van der Waals surface area contributed by atoms with E-state index in [-0.39, 0.29) is 4.90 Å². The molecule has 5 nitrogen and oxygen atoms in total. The highest BCUT2D eigenvalue weighted by molar-refractivity contribution is 7.89. The minimum Gasteiger partial charge on any atom is -0.298 e. The van der Waals surface area contributed by atoms with Gasteiger partial charge in [0.1, 0.15) is 0 Å². The van der Waals surface area contributed by atoms with E-state index in [0.717, 1.165) is 24.3 Å². The lowest BCUT2D eigenvalue weighted by atomic mass is 10.2. The first-order valence-corrected chi connectivity index (χ1v) is 7.84. The number of nitrogens with two attached hydrogens (primary N) is 1. The lowest BCUT2D eigenvalue weighted by molar-refractivity contribution is 0.598. The number of anilines is 2. The van der Waals surface area contributed by atoms with E-state index in [0.29, 0.717) is 0 Å². The summed E-state index contributed by atoms with van der Waals surface area (Å²) in [5.41, 5.74) is 6.56. The van der Waals surface area contributed by atoms with Gasteiger partial charge >= 0.3 is 0 Å². The van der Waals surface area contributed by atoms with Crippen molar-refractivity contribution in [2.24, 2.45) is 5.14 Å². The first-order chi connectivity index (χ1) is 9.54. The Balaban J connectivity index is 1.80. The topological polar surface area (TPSA) is 75.4 Å². The second kappa shape index (κ2) is 4.81. The molecule has 0 saturated carbocycles. The molecule has 20 heavy (non-hydrogen) atoms. The molecule has 2 aromatic carbocycles. The summed E-state index contributed by atoms with van der Waals surface area (Å²) in [6, 6.07) is 14.6. The van der Waals surface area contributed by atoms with Crippen molar-refractivity contribution < 1.29 is 8.42 Å². The third-order valence-corrected chi connectivity index (χ3v) is 4.26. The first kappa shape index (κ1) is 13.0. The van der Waals surface area contributed by atoms with Crippen LogP contribution in [-0.2, 0) is 16.4 Å². The fourth-order valence-electron chi connectivity index (χ4n) is 2.33. The molecular weight excluding hydrogens is 274 g/mol. The molecule has 1 aliphatic rings. The Morgan fingerprint density at radius 1 is 1.05 bits per heavy atom. The number of nitrogens with one attached hydrogen (secondary N) is 1. The molecule has 3 rings (SSSR count). The van der Waals surface area contributed by atoms with Crippen LogP contribution in [0.5, 0.6) is 0 Å². The molecule has 0 bridgehead atoms. The van der Waals surface area contributed by atoms with E-state index in [1.165, 1.54) is 17.7 Å². The maximum atomic E-state index is 11.2. The number of fused-ring (bicyclic) bond motifs is 1. The van der Waals surface area contributed by atoms with Crippen LogP contribution < -0.4 is 15.6 Å². The van der Waals surface area contributed by atoms with Crippen molar-refractivity contribution in [3.63, 3.8) is 0 Å². The van der Waals surface area contributed by atoms with E-state index in [4.69, 9.17) is 5.14 Å². The van der Waals surface area contributed by atoms with Gasteiger partial charge in [-0.25, -0.2) is 13.6 Å². The fourth-order valence-corrected chi connectivity index (χ4v) is 2.84. The van der Waals surface area contributed by atoms with Crippen LogP contribution in [-0.4, -0.2) is 15.0 Å². The van der Waals surface area contributed by atoms with Gasteiger partial charge in [-0.3, -0.25) is 10.4 Å². The maximum Gasteiger partial charge on any atom is 0.238 e. The van der Waals surface area contributed by atoms with E-state index in [9.17, 15) is 8.42 Å². The van der Waals surface area contributed by atoms with Crippen molar-refractivity contribution >= 4 is 21.4 Å². The van der Waals surface area contributed by atoms with E-state index in [1.54, 1.807) is 12.1 Å². The SMILES string of the molecule is NS(=O)(=O)c1ccc(NN2CCc3ccccc32)cc1. The van der Waals surface area contributed by atoms with Crippen LogP contribution in [0.3, 0.4) is 0 Å². The Hall–Kier alpha value is -2.05. The van der Waals surface area contributed by atoms with E-state index in [2.05, 4.69) is 22.6 Å². The van der Waals surface area contributed by atoms with Crippen LogP contribution in [0, 0.1) is 0 Å². The summed E-state index contributed by atoms with van der Waals surface area (Å²) in [5.74, 6) is 0. The number of sulfonamides is 1. The number of rotatable bonds is 3. The Labute approximate surface area is 118 Å². The van der Waals surface area contributed by atoms with Gasteiger partial charge < -0.3 is 0 Å². The normalized spacial score (nSPS) is 14.2. The molecular formula is C14H15N3O2S. The van der Waals surface area contributed by atoms with Crippen LogP contribution in [0.2, 0.25) is 0 Å². The average Bonchev–Trinajstić information content (AvgIpc) is 2.82. The van der Waals surface area contributed by atoms with Gasteiger partial charge in [0, 0.05) is 6.54 Å². The van der Waals surface area contributed by atoms with Gasteiger partial charge in [0.05, 0.1) is 16.3 Å². The molecule has 0 unspecified atom stereocenters. The molecule has 1 heterocycles. The van der Waals surface area contributed by atoms with Gasteiger partial charge in [-0.15, -0.1) is 0 Å². The van der Waals surface area contributed by atoms with Crippen molar-refractivity contribution in [3.05, 3.63) is 54.1 Å². The van der Waals surface area contributed by atoms with Crippen molar-refractivity contribution in [3.8, 4) is 0 Å². The molecule has 0 aromatic heterocycles. The molecule has 0 fully saturated rings. The molecule has 0 radical (unpaired) electrons. The molecule has 0 aliphatic carbocycles. The highest BCUT2D eigenvalue weighted by Gasteiger charge is 2.18. The van der Waals surface area contributed by atoms with E-state index < -0.39 is 10.0 Å². The van der Waals surface area contributed by atoms with Crippen LogP contribution in [0.15, 0.2) is 53.4 Å². The third-order valence-electron chi connectivity index (χ3n) is 3.33. The zero-order chi connectivity index (χ0) is 14.2. The molecule has 0 atom stereocenters. The van der Waals surface area contributed by atoms with Crippen molar-refractivity contribution in [2.45, 2.75) is 11.3 Å². The Kier molecular flexibility index (Phi) is 3.11. The van der Waals surface area contributed by atoms with Crippen molar-refractivity contribution in [2.75, 3.05) is 17.0 Å². The zero-order valence-electron chi connectivity index (χ0n) is 10.8. The number of hydrazine groups is 1. The summed E-state index contributed by atoms with van der Waals surface area (Å²) in [7, 11) is -3.64. The Bertz CT molecular complexity index is 726. The van der Waals surface area contributed by atoms with E-state index >= 15 is 0 Å². The average molecular weight is 289 g/mol. The highest BCUT2D eigenvalue weighted by Crippen LogP contribution is 2.27. The predicted octanol–water partition coefficient (Wildman–Crippen LogP) is 1.72. The van der Waals surface area contributed by atoms with Crippen molar-refractivity contribution in [1.29, 1.82) is 0 Å². The molecule has 2 aromatic rings. The first-order valence-electron chi connectivity index (χ1n) is 6.29. The summed E-state index contributed by atoms with van der Waals surface area (Å²) in [6.07, 6.45) is 0.998. The molecule has 6 heteroatoms. The summed E-state index contributed by atoms with van der Waals surface area (Å²) >= 11 is 0. The van der Waals surface area contributed by atoms with E-state index in [1.807, 2.05) is 12.1 Å². The minimum atomic E-state index is -3.64. The van der Waals surface area contributed by atoms with Crippen molar-refractivity contribution in [1.82, 2.24) is 0 Å². The summed E-state index contributed by atoms with van der Waals surface area (Å²) < 4.78 is 22.4.